The molecule has 0 unspecified atom stereocenters. The Kier molecular flexibility index (Phi) is 4.27. The van der Waals surface area contributed by atoms with E-state index in [-0.39, 0.29) is 29.2 Å². The first-order valence-electron chi connectivity index (χ1n) is 6.14. The summed E-state index contributed by atoms with van der Waals surface area (Å²) < 4.78 is 14.7. The van der Waals surface area contributed by atoms with Gasteiger partial charge < -0.3 is 19.0 Å². The molecule has 1 N–H and O–H groups in total. The predicted octanol–water partition coefficient (Wildman–Crippen LogP) is 2.44. The number of phenols is 1. The SMILES string of the molecule is COC(=O)c1ccoc1COC(=O)c1cc(C)ccc1O. The molecule has 0 atom stereocenters. The molecule has 2 rings (SSSR count). The lowest BCUT2D eigenvalue weighted by Crippen LogP contribution is -2.08. The van der Waals surface area contributed by atoms with Crippen molar-refractivity contribution in [1.82, 2.24) is 0 Å². The molecule has 0 spiro atoms. The Morgan fingerprint density at radius 2 is 1.95 bits per heavy atom. The minimum atomic E-state index is -0.705. The Morgan fingerprint density at radius 3 is 2.67 bits per heavy atom. The van der Waals surface area contributed by atoms with Crippen LogP contribution in [-0.4, -0.2) is 24.2 Å². The average molecular weight is 290 g/mol. The molecule has 6 nitrogen and oxygen atoms in total. The molecule has 0 amide bonds. The quantitative estimate of drug-likeness (QED) is 0.870. The van der Waals surface area contributed by atoms with E-state index in [1.54, 1.807) is 13.0 Å². The van der Waals surface area contributed by atoms with Crippen LogP contribution < -0.4 is 0 Å². The first-order valence-corrected chi connectivity index (χ1v) is 6.14. The van der Waals surface area contributed by atoms with Crippen LogP contribution in [0.4, 0.5) is 0 Å². The van der Waals surface area contributed by atoms with Gasteiger partial charge in [-0.1, -0.05) is 11.6 Å². The third-order valence-corrected chi connectivity index (χ3v) is 2.86. The molecule has 0 saturated heterocycles. The van der Waals surface area contributed by atoms with Crippen LogP contribution in [0.5, 0.6) is 5.75 Å². The van der Waals surface area contributed by atoms with Crippen molar-refractivity contribution in [3.63, 3.8) is 0 Å². The second kappa shape index (κ2) is 6.13. The van der Waals surface area contributed by atoms with Crippen LogP contribution in [0.25, 0.3) is 0 Å². The number of ether oxygens (including phenoxy) is 2. The van der Waals surface area contributed by atoms with E-state index in [4.69, 9.17) is 9.15 Å². The predicted molar refractivity (Wildman–Crippen MR) is 72.0 cm³/mol. The van der Waals surface area contributed by atoms with Crippen molar-refractivity contribution in [2.24, 2.45) is 0 Å². The largest absolute Gasteiger partial charge is 0.507 e. The highest BCUT2D eigenvalue weighted by molar-refractivity contribution is 5.93. The fraction of sp³-hybridized carbons (Fsp3) is 0.200. The zero-order chi connectivity index (χ0) is 15.4. The molecule has 1 aromatic heterocycles. The van der Waals surface area contributed by atoms with E-state index >= 15 is 0 Å². The van der Waals surface area contributed by atoms with Crippen LogP contribution in [0.3, 0.4) is 0 Å². The van der Waals surface area contributed by atoms with Crippen LogP contribution in [0.1, 0.15) is 32.0 Å². The lowest BCUT2D eigenvalue weighted by molar-refractivity contribution is 0.0429. The molecule has 110 valence electrons. The molecule has 0 aliphatic heterocycles. The summed E-state index contributed by atoms with van der Waals surface area (Å²) in [5, 5.41) is 9.65. The number of hydrogen-bond donors (Lipinski definition) is 1. The summed E-state index contributed by atoms with van der Waals surface area (Å²) in [5.74, 6) is -1.27. The monoisotopic (exact) mass is 290 g/mol. The van der Waals surface area contributed by atoms with Crippen LogP contribution in [0.2, 0.25) is 0 Å². The molecular formula is C15H14O6. The summed E-state index contributed by atoms with van der Waals surface area (Å²) >= 11 is 0. The normalized spacial score (nSPS) is 10.2. The van der Waals surface area contributed by atoms with Crippen LogP contribution in [0.15, 0.2) is 34.9 Å². The molecule has 0 fully saturated rings. The zero-order valence-corrected chi connectivity index (χ0v) is 11.6. The fourth-order valence-electron chi connectivity index (χ4n) is 1.77. The molecule has 0 aliphatic rings. The zero-order valence-electron chi connectivity index (χ0n) is 11.6. The van der Waals surface area contributed by atoms with E-state index in [0.717, 1.165) is 5.56 Å². The summed E-state index contributed by atoms with van der Waals surface area (Å²) in [6, 6.07) is 6.03. The number of hydrogen-bond acceptors (Lipinski definition) is 6. The average Bonchev–Trinajstić information content (AvgIpc) is 2.95. The van der Waals surface area contributed by atoms with Gasteiger partial charge in [-0.2, -0.15) is 0 Å². The third kappa shape index (κ3) is 3.22. The maximum atomic E-state index is 11.9. The van der Waals surface area contributed by atoms with Gasteiger partial charge in [-0.05, 0) is 25.1 Å². The topological polar surface area (TPSA) is 86.0 Å². The fourth-order valence-corrected chi connectivity index (χ4v) is 1.77. The van der Waals surface area contributed by atoms with E-state index in [1.165, 1.54) is 31.6 Å². The standard InChI is InChI=1S/C15H14O6/c1-9-3-4-12(16)11(7-9)15(18)21-8-13-10(5-6-20-13)14(17)19-2/h3-7,16H,8H2,1-2H3. The van der Waals surface area contributed by atoms with Crippen molar-refractivity contribution >= 4 is 11.9 Å². The van der Waals surface area contributed by atoms with Crippen molar-refractivity contribution < 1.29 is 28.6 Å². The number of rotatable bonds is 4. The molecule has 0 bridgehead atoms. The Labute approximate surface area is 120 Å². The van der Waals surface area contributed by atoms with Crippen molar-refractivity contribution in [2.45, 2.75) is 13.5 Å². The Balaban J connectivity index is 2.10. The van der Waals surface area contributed by atoms with Gasteiger partial charge in [-0.15, -0.1) is 0 Å². The van der Waals surface area contributed by atoms with E-state index in [9.17, 15) is 14.7 Å². The van der Waals surface area contributed by atoms with E-state index in [2.05, 4.69) is 4.74 Å². The number of aromatic hydroxyl groups is 1. The summed E-state index contributed by atoms with van der Waals surface area (Å²) in [5.41, 5.74) is 1.06. The van der Waals surface area contributed by atoms with Crippen LogP contribution in [0, 0.1) is 6.92 Å². The number of aryl methyl sites for hydroxylation is 1. The number of furan rings is 1. The first-order chi connectivity index (χ1) is 10.0. The van der Waals surface area contributed by atoms with Crippen LogP contribution in [-0.2, 0) is 16.1 Å². The number of benzene rings is 1. The molecule has 1 aromatic carbocycles. The molecule has 0 aliphatic carbocycles. The van der Waals surface area contributed by atoms with Gasteiger partial charge in [-0.3, -0.25) is 0 Å². The van der Waals surface area contributed by atoms with Crippen molar-refractivity contribution in [3.8, 4) is 5.75 Å². The lowest BCUT2D eigenvalue weighted by atomic mass is 10.1. The van der Waals surface area contributed by atoms with Gasteiger partial charge in [0.1, 0.15) is 16.9 Å². The maximum Gasteiger partial charge on any atom is 0.342 e. The molecule has 1 heterocycles. The highest BCUT2D eigenvalue weighted by atomic mass is 16.5. The van der Waals surface area contributed by atoms with Gasteiger partial charge in [0, 0.05) is 0 Å². The second-order valence-corrected chi connectivity index (χ2v) is 4.35. The highest BCUT2D eigenvalue weighted by Gasteiger charge is 2.18. The van der Waals surface area contributed by atoms with E-state index in [1.807, 2.05) is 0 Å². The second-order valence-electron chi connectivity index (χ2n) is 4.35. The Hall–Kier alpha value is -2.76. The smallest absolute Gasteiger partial charge is 0.342 e. The van der Waals surface area contributed by atoms with Gasteiger partial charge in [-0.25, -0.2) is 9.59 Å². The number of methoxy groups -OCH3 is 1. The Bertz CT molecular complexity index is 671. The van der Waals surface area contributed by atoms with Gasteiger partial charge in [0.05, 0.1) is 13.4 Å². The van der Waals surface area contributed by atoms with Crippen LogP contribution >= 0.6 is 0 Å². The maximum absolute atomic E-state index is 11.9. The molecule has 6 heteroatoms. The van der Waals surface area contributed by atoms with E-state index in [0.29, 0.717) is 0 Å². The highest BCUT2D eigenvalue weighted by Crippen LogP contribution is 2.20. The Morgan fingerprint density at radius 1 is 1.19 bits per heavy atom. The van der Waals surface area contributed by atoms with Gasteiger partial charge >= 0.3 is 11.9 Å². The number of carbonyl (C=O) groups excluding carboxylic acids is 2. The third-order valence-electron chi connectivity index (χ3n) is 2.86. The molecule has 0 radical (unpaired) electrons. The summed E-state index contributed by atoms with van der Waals surface area (Å²) in [7, 11) is 1.25. The number of phenolic OH excluding ortho intramolecular Hbond substituents is 1. The molecule has 2 aromatic rings. The van der Waals surface area contributed by atoms with Gasteiger partial charge in [0.2, 0.25) is 0 Å². The summed E-state index contributed by atoms with van der Waals surface area (Å²) in [6.45, 7) is 1.56. The van der Waals surface area contributed by atoms with Crippen molar-refractivity contribution in [2.75, 3.05) is 7.11 Å². The molecular weight excluding hydrogens is 276 g/mol. The molecule has 21 heavy (non-hydrogen) atoms. The summed E-state index contributed by atoms with van der Waals surface area (Å²) in [4.78, 5) is 23.4. The van der Waals surface area contributed by atoms with E-state index < -0.39 is 11.9 Å². The van der Waals surface area contributed by atoms with Gasteiger partial charge in [0.15, 0.2) is 12.4 Å². The molecule has 0 saturated carbocycles. The van der Waals surface area contributed by atoms with Crippen molar-refractivity contribution in [3.05, 3.63) is 53.0 Å². The minimum Gasteiger partial charge on any atom is -0.507 e. The van der Waals surface area contributed by atoms with Crippen molar-refractivity contribution in [1.29, 1.82) is 0 Å². The number of carbonyl (C=O) groups is 2. The first kappa shape index (κ1) is 14.6. The number of esters is 2. The summed E-state index contributed by atoms with van der Waals surface area (Å²) in [6.07, 6.45) is 1.31. The minimum absolute atomic E-state index is 0.0566. The lowest BCUT2D eigenvalue weighted by Gasteiger charge is -2.06. The van der Waals surface area contributed by atoms with Gasteiger partial charge in [0.25, 0.3) is 0 Å².